The molecule has 1 heterocycles. The number of rotatable bonds is 6. The fourth-order valence-corrected chi connectivity index (χ4v) is 4.24. The van der Waals surface area contributed by atoms with Crippen LogP contribution in [0.3, 0.4) is 0 Å². The predicted octanol–water partition coefficient (Wildman–Crippen LogP) is 5.34. The number of nitrogens with zero attached hydrogens (tertiary/aromatic N) is 2. The normalized spacial score (nSPS) is 12.3. The highest BCUT2D eigenvalue weighted by atomic mass is 32.2. The molecule has 0 saturated heterocycles. The Bertz CT molecular complexity index is 1040. The third kappa shape index (κ3) is 4.98. The molecule has 0 saturated carbocycles. The minimum Gasteiger partial charge on any atom is -0.318 e. The van der Waals surface area contributed by atoms with Crippen LogP contribution in [0.5, 0.6) is 0 Å². The Hall–Kier alpha value is -2.79. The van der Waals surface area contributed by atoms with Crippen molar-refractivity contribution in [1.82, 2.24) is 9.99 Å². The number of amides is 1. The smallest absolute Gasteiger partial charge is 0.253 e. The van der Waals surface area contributed by atoms with E-state index in [2.05, 4.69) is 67.1 Å². The molecule has 0 unspecified atom stereocenters. The molecule has 1 atom stereocenters. The summed E-state index contributed by atoms with van der Waals surface area (Å²) in [7, 11) is 0. The summed E-state index contributed by atoms with van der Waals surface area (Å²) in [6.07, 6.45) is 1.72. The lowest BCUT2D eigenvalue weighted by atomic mass is 10.1. The first-order valence-corrected chi connectivity index (χ1v) is 10.6. The largest absolute Gasteiger partial charge is 0.318 e. The maximum absolute atomic E-state index is 12.3. The summed E-state index contributed by atoms with van der Waals surface area (Å²) in [6.45, 7) is 10.3. The van der Waals surface area contributed by atoms with E-state index in [0.29, 0.717) is 0 Å². The van der Waals surface area contributed by atoms with Crippen LogP contribution < -0.4 is 5.43 Å². The molecule has 2 aromatic carbocycles. The third-order valence-corrected chi connectivity index (χ3v) is 5.98. The van der Waals surface area contributed by atoms with Gasteiger partial charge in [-0.2, -0.15) is 5.10 Å². The van der Waals surface area contributed by atoms with Crippen LogP contribution in [0.15, 0.2) is 64.6 Å². The fraction of sp³-hybridized carbons (Fsp3) is 0.250. The maximum atomic E-state index is 12.3. The first-order chi connectivity index (χ1) is 13.9. The first-order valence-electron chi connectivity index (χ1n) is 9.68. The van der Waals surface area contributed by atoms with Gasteiger partial charge in [-0.05, 0) is 64.4 Å². The van der Waals surface area contributed by atoms with Gasteiger partial charge in [0.1, 0.15) is 0 Å². The lowest BCUT2D eigenvalue weighted by Gasteiger charge is -2.13. The third-order valence-electron chi connectivity index (χ3n) is 4.87. The van der Waals surface area contributed by atoms with E-state index in [-0.39, 0.29) is 11.2 Å². The van der Waals surface area contributed by atoms with Crippen molar-refractivity contribution in [3.63, 3.8) is 0 Å². The Kier molecular flexibility index (Phi) is 6.60. The summed E-state index contributed by atoms with van der Waals surface area (Å²) < 4.78 is 2.23. The second kappa shape index (κ2) is 9.14. The molecule has 0 aliphatic rings. The Morgan fingerprint density at radius 3 is 2.48 bits per heavy atom. The molecule has 4 nitrogen and oxygen atoms in total. The highest BCUT2D eigenvalue weighted by Gasteiger charge is 2.14. The lowest BCUT2D eigenvalue weighted by Crippen LogP contribution is -2.26. The zero-order chi connectivity index (χ0) is 21.0. The van der Waals surface area contributed by atoms with E-state index in [1.54, 1.807) is 6.21 Å². The zero-order valence-corrected chi connectivity index (χ0v) is 18.4. The molecular weight excluding hydrogens is 378 g/mol. The molecule has 3 aromatic rings. The van der Waals surface area contributed by atoms with E-state index in [0.717, 1.165) is 21.8 Å². The van der Waals surface area contributed by atoms with Crippen molar-refractivity contribution in [1.29, 1.82) is 0 Å². The Morgan fingerprint density at radius 1 is 1.07 bits per heavy atom. The molecule has 0 spiro atoms. The van der Waals surface area contributed by atoms with Crippen LogP contribution in [0.1, 0.15) is 35.0 Å². The number of aryl methyl sites for hydroxylation is 3. The average Bonchev–Trinajstić information content (AvgIpc) is 2.96. The second-order valence-corrected chi connectivity index (χ2v) is 8.67. The number of carbonyl (C=O) groups is 1. The summed E-state index contributed by atoms with van der Waals surface area (Å²) >= 11 is 1.52. The summed E-state index contributed by atoms with van der Waals surface area (Å²) in [4.78, 5) is 13.4. The number of thioether (sulfide) groups is 1. The number of nitrogens with one attached hydrogen (secondary N) is 1. The molecule has 3 rings (SSSR count). The van der Waals surface area contributed by atoms with Crippen molar-refractivity contribution >= 4 is 23.9 Å². The lowest BCUT2D eigenvalue weighted by molar-refractivity contribution is -0.120. The van der Waals surface area contributed by atoms with Crippen molar-refractivity contribution in [3.05, 3.63) is 82.7 Å². The summed E-state index contributed by atoms with van der Waals surface area (Å²) in [6, 6.07) is 18.5. The molecule has 150 valence electrons. The number of aromatic nitrogens is 1. The number of benzene rings is 2. The van der Waals surface area contributed by atoms with Crippen LogP contribution in [-0.2, 0) is 4.79 Å². The topological polar surface area (TPSA) is 46.4 Å². The van der Waals surface area contributed by atoms with Gasteiger partial charge in [0.15, 0.2) is 0 Å². The minimum absolute atomic E-state index is 0.113. The van der Waals surface area contributed by atoms with Crippen LogP contribution in [0, 0.1) is 27.7 Å². The molecule has 0 aliphatic carbocycles. The molecule has 0 fully saturated rings. The molecule has 0 aliphatic heterocycles. The van der Waals surface area contributed by atoms with Crippen LogP contribution in [0.4, 0.5) is 0 Å². The van der Waals surface area contributed by atoms with E-state index >= 15 is 0 Å². The number of hydrazone groups is 1. The van der Waals surface area contributed by atoms with Crippen molar-refractivity contribution in [2.75, 3.05) is 0 Å². The fourth-order valence-electron chi connectivity index (χ4n) is 3.36. The molecule has 0 bridgehead atoms. The van der Waals surface area contributed by atoms with Gasteiger partial charge in [-0.15, -0.1) is 11.8 Å². The van der Waals surface area contributed by atoms with Gasteiger partial charge in [0.05, 0.1) is 11.5 Å². The van der Waals surface area contributed by atoms with Crippen molar-refractivity contribution in [2.24, 2.45) is 5.10 Å². The summed E-state index contributed by atoms with van der Waals surface area (Å²) in [5, 5.41) is 3.97. The van der Waals surface area contributed by atoms with Gasteiger partial charge in [0.25, 0.3) is 5.91 Å². The van der Waals surface area contributed by atoms with Crippen LogP contribution >= 0.6 is 11.8 Å². The number of hydrogen-bond donors (Lipinski definition) is 1. The van der Waals surface area contributed by atoms with E-state index in [1.807, 2.05) is 37.3 Å². The second-order valence-electron chi connectivity index (χ2n) is 7.26. The predicted molar refractivity (Wildman–Crippen MR) is 122 cm³/mol. The van der Waals surface area contributed by atoms with Gasteiger partial charge in [-0.1, -0.05) is 35.9 Å². The van der Waals surface area contributed by atoms with Gasteiger partial charge in [-0.25, -0.2) is 5.43 Å². The minimum atomic E-state index is -0.225. The van der Waals surface area contributed by atoms with E-state index in [4.69, 9.17) is 0 Å². The van der Waals surface area contributed by atoms with Crippen LogP contribution in [0.2, 0.25) is 0 Å². The van der Waals surface area contributed by atoms with Crippen LogP contribution in [0.25, 0.3) is 5.69 Å². The van der Waals surface area contributed by atoms with E-state index in [1.165, 1.54) is 28.6 Å². The Labute approximate surface area is 177 Å². The molecule has 1 amide bonds. The molecule has 29 heavy (non-hydrogen) atoms. The van der Waals surface area contributed by atoms with Crippen LogP contribution in [-0.4, -0.2) is 21.9 Å². The van der Waals surface area contributed by atoms with Gasteiger partial charge >= 0.3 is 0 Å². The average molecular weight is 406 g/mol. The van der Waals surface area contributed by atoms with Crippen molar-refractivity contribution in [3.8, 4) is 5.69 Å². The highest BCUT2D eigenvalue weighted by molar-refractivity contribution is 8.00. The monoisotopic (exact) mass is 405 g/mol. The van der Waals surface area contributed by atoms with Gasteiger partial charge in [-0.3, -0.25) is 4.79 Å². The van der Waals surface area contributed by atoms with Gasteiger partial charge in [0, 0.05) is 27.5 Å². The Morgan fingerprint density at radius 2 is 1.79 bits per heavy atom. The van der Waals surface area contributed by atoms with Crippen molar-refractivity contribution in [2.45, 2.75) is 44.8 Å². The molecule has 0 radical (unpaired) electrons. The van der Waals surface area contributed by atoms with E-state index in [9.17, 15) is 4.79 Å². The molecular formula is C24H27N3OS. The standard InChI is InChI=1S/C24H27N3OS/c1-16-11-12-23(17(2)13-16)27-18(3)14-21(19(27)4)15-25-26-24(28)20(5)29-22-9-7-6-8-10-22/h6-15,20H,1-5H3,(H,26,28)/b25-15-/t20-/m1/s1. The Balaban J connectivity index is 1.70. The molecule has 1 N–H and O–H groups in total. The first kappa shape index (κ1) is 20.9. The highest BCUT2D eigenvalue weighted by Crippen LogP contribution is 2.24. The zero-order valence-electron chi connectivity index (χ0n) is 17.6. The molecule has 5 heteroatoms. The summed E-state index contributed by atoms with van der Waals surface area (Å²) in [5.41, 5.74) is 9.54. The number of carbonyl (C=O) groups excluding carboxylic acids is 1. The summed E-state index contributed by atoms with van der Waals surface area (Å²) in [5.74, 6) is -0.113. The molecule has 1 aromatic heterocycles. The SMILES string of the molecule is Cc1ccc(-n2c(C)cc(/C=N\NC(=O)[C@@H](C)Sc3ccccc3)c2C)c(C)c1. The van der Waals surface area contributed by atoms with E-state index < -0.39 is 0 Å². The van der Waals surface area contributed by atoms with Gasteiger partial charge in [0.2, 0.25) is 0 Å². The van der Waals surface area contributed by atoms with Crippen molar-refractivity contribution < 1.29 is 4.79 Å². The van der Waals surface area contributed by atoms with Gasteiger partial charge < -0.3 is 4.57 Å². The maximum Gasteiger partial charge on any atom is 0.253 e. The quantitative estimate of drug-likeness (QED) is 0.342. The number of hydrogen-bond acceptors (Lipinski definition) is 3.